The van der Waals surface area contributed by atoms with E-state index in [0.717, 1.165) is 15.9 Å². The lowest BCUT2D eigenvalue weighted by Gasteiger charge is -2.03. The van der Waals surface area contributed by atoms with Crippen molar-refractivity contribution in [2.75, 3.05) is 0 Å². The average Bonchev–Trinajstić information content (AvgIpc) is 2.04. The summed E-state index contributed by atoms with van der Waals surface area (Å²) < 4.78 is 0. The molecule has 0 bridgehead atoms. The number of hydrogen-bond donors (Lipinski definition) is 0. The molecule has 0 fully saturated rings. The molecule has 0 aromatic heterocycles. The smallest absolute Gasteiger partial charge is 0.0716 e. The molecule has 0 aliphatic rings. The Hall–Kier alpha value is 0.0549. The zero-order valence-electron chi connectivity index (χ0n) is 5.98. The van der Waals surface area contributed by atoms with Crippen molar-refractivity contribution in [3.8, 4) is 0 Å². The normalized spacial score (nSPS) is 10.0. The predicted octanol–water partition coefficient (Wildman–Crippen LogP) is 2.90. The summed E-state index contributed by atoms with van der Waals surface area (Å²) >= 11 is 9.16. The standard InChI is InChI=1S/C8H7BBrCl/c9-4-6-1-2-8(11)3-7(6)5-10/h1-3H,4-5H2. The van der Waals surface area contributed by atoms with Gasteiger partial charge >= 0.3 is 0 Å². The Bertz CT molecular complexity index is 250. The molecule has 0 saturated carbocycles. The summed E-state index contributed by atoms with van der Waals surface area (Å²) in [5.41, 5.74) is 2.31. The van der Waals surface area contributed by atoms with Crippen molar-refractivity contribution in [1.29, 1.82) is 0 Å². The number of benzene rings is 1. The van der Waals surface area contributed by atoms with Crippen LogP contribution in [0.5, 0.6) is 0 Å². The Labute approximate surface area is 81.5 Å². The highest BCUT2D eigenvalue weighted by Crippen LogP contribution is 2.18. The van der Waals surface area contributed by atoms with Gasteiger partial charge in [0.25, 0.3) is 0 Å². The quantitative estimate of drug-likeness (QED) is 0.540. The highest BCUT2D eigenvalue weighted by atomic mass is 79.9. The van der Waals surface area contributed by atoms with Crippen LogP contribution in [0.3, 0.4) is 0 Å². The van der Waals surface area contributed by atoms with Crippen LogP contribution < -0.4 is 0 Å². The summed E-state index contributed by atoms with van der Waals surface area (Å²) in [6.45, 7) is 0. The minimum atomic E-state index is 0.568. The first kappa shape index (κ1) is 9.15. The number of halogens is 2. The largest absolute Gasteiger partial charge is 0.0876 e. The zero-order valence-corrected chi connectivity index (χ0v) is 8.32. The Balaban J connectivity index is 3.06. The van der Waals surface area contributed by atoms with Gasteiger partial charge in [-0.15, -0.1) is 0 Å². The van der Waals surface area contributed by atoms with E-state index in [1.165, 1.54) is 5.56 Å². The second-order valence-electron chi connectivity index (χ2n) is 2.25. The van der Waals surface area contributed by atoms with Crippen molar-refractivity contribution in [2.24, 2.45) is 0 Å². The van der Waals surface area contributed by atoms with Gasteiger partial charge < -0.3 is 0 Å². The first-order valence-corrected chi connectivity index (χ1v) is 4.81. The van der Waals surface area contributed by atoms with Crippen molar-refractivity contribution in [2.45, 2.75) is 11.7 Å². The molecule has 0 spiro atoms. The SMILES string of the molecule is [B]Cc1ccc(Cl)cc1CBr. The monoisotopic (exact) mass is 228 g/mol. The molecule has 0 amide bonds. The molecule has 0 aliphatic carbocycles. The fourth-order valence-corrected chi connectivity index (χ4v) is 1.63. The molecule has 11 heavy (non-hydrogen) atoms. The predicted molar refractivity (Wildman–Crippen MR) is 53.5 cm³/mol. The summed E-state index contributed by atoms with van der Waals surface area (Å²) in [6, 6.07) is 5.74. The summed E-state index contributed by atoms with van der Waals surface area (Å²) in [5.74, 6) is 0. The molecular weight excluding hydrogens is 222 g/mol. The van der Waals surface area contributed by atoms with E-state index in [4.69, 9.17) is 19.4 Å². The number of rotatable bonds is 2. The van der Waals surface area contributed by atoms with E-state index >= 15 is 0 Å². The van der Waals surface area contributed by atoms with Crippen LogP contribution in [0.1, 0.15) is 11.1 Å². The van der Waals surface area contributed by atoms with E-state index in [0.29, 0.717) is 6.32 Å². The third kappa shape index (κ3) is 2.24. The highest BCUT2D eigenvalue weighted by Gasteiger charge is 1.98. The van der Waals surface area contributed by atoms with Gasteiger partial charge in [0.05, 0.1) is 7.85 Å². The maximum Gasteiger partial charge on any atom is 0.0716 e. The maximum atomic E-state index is 5.79. The Morgan fingerprint density at radius 3 is 2.64 bits per heavy atom. The molecule has 56 valence electrons. The molecule has 0 atom stereocenters. The minimum absolute atomic E-state index is 0.568. The molecule has 1 aromatic rings. The molecule has 1 aromatic carbocycles. The molecule has 0 saturated heterocycles. The topological polar surface area (TPSA) is 0 Å². The van der Waals surface area contributed by atoms with Gasteiger partial charge in [-0.3, -0.25) is 0 Å². The van der Waals surface area contributed by atoms with Crippen LogP contribution in [0.4, 0.5) is 0 Å². The molecule has 2 radical (unpaired) electrons. The minimum Gasteiger partial charge on any atom is -0.0876 e. The average molecular weight is 229 g/mol. The first-order valence-electron chi connectivity index (χ1n) is 3.31. The molecule has 0 heterocycles. The molecular formula is C8H7BBrCl. The van der Waals surface area contributed by atoms with Crippen molar-refractivity contribution in [3.05, 3.63) is 34.3 Å². The lowest BCUT2D eigenvalue weighted by atomic mass is 9.94. The van der Waals surface area contributed by atoms with Crippen LogP contribution in [0, 0.1) is 0 Å². The van der Waals surface area contributed by atoms with Gasteiger partial charge in [0.1, 0.15) is 0 Å². The summed E-state index contributed by atoms with van der Waals surface area (Å²) in [7, 11) is 5.51. The van der Waals surface area contributed by atoms with E-state index < -0.39 is 0 Å². The Morgan fingerprint density at radius 1 is 1.36 bits per heavy atom. The van der Waals surface area contributed by atoms with Gasteiger partial charge in [-0.1, -0.05) is 45.5 Å². The van der Waals surface area contributed by atoms with Gasteiger partial charge in [-0.2, -0.15) is 0 Å². The van der Waals surface area contributed by atoms with Crippen molar-refractivity contribution in [3.63, 3.8) is 0 Å². The lowest BCUT2D eigenvalue weighted by Crippen LogP contribution is -1.90. The third-order valence-electron chi connectivity index (χ3n) is 1.53. The molecule has 0 aliphatic heterocycles. The van der Waals surface area contributed by atoms with Crippen LogP contribution in [-0.2, 0) is 11.7 Å². The van der Waals surface area contributed by atoms with E-state index in [2.05, 4.69) is 15.9 Å². The van der Waals surface area contributed by atoms with Crippen molar-refractivity contribution in [1.82, 2.24) is 0 Å². The first-order chi connectivity index (χ1) is 5.27. The van der Waals surface area contributed by atoms with Gasteiger partial charge in [0, 0.05) is 10.4 Å². The summed E-state index contributed by atoms with van der Waals surface area (Å²) in [5, 5.41) is 1.57. The molecule has 0 unspecified atom stereocenters. The van der Waals surface area contributed by atoms with Crippen LogP contribution in [0.25, 0.3) is 0 Å². The molecule has 1 rings (SSSR count). The van der Waals surface area contributed by atoms with Gasteiger partial charge in [-0.05, 0) is 17.7 Å². The molecule has 0 nitrogen and oxygen atoms in total. The van der Waals surface area contributed by atoms with E-state index in [9.17, 15) is 0 Å². The second kappa shape index (κ2) is 4.17. The van der Waals surface area contributed by atoms with Crippen molar-refractivity contribution < 1.29 is 0 Å². The van der Waals surface area contributed by atoms with Gasteiger partial charge in [0.2, 0.25) is 0 Å². The van der Waals surface area contributed by atoms with Crippen LogP contribution in [0.2, 0.25) is 5.02 Å². The van der Waals surface area contributed by atoms with Crippen LogP contribution >= 0.6 is 27.5 Å². The third-order valence-corrected chi connectivity index (χ3v) is 2.37. The Kier molecular flexibility index (Phi) is 3.47. The fraction of sp³-hybridized carbons (Fsp3) is 0.250. The lowest BCUT2D eigenvalue weighted by molar-refractivity contribution is 1.28. The summed E-state index contributed by atoms with van der Waals surface area (Å²) in [6.07, 6.45) is 0.568. The van der Waals surface area contributed by atoms with Gasteiger partial charge in [-0.25, -0.2) is 0 Å². The van der Waals surface area contributed by atoms with E-state index in [1.807, 2.05) is 18.2 Å². The number of alkyl halides is 1. The van der Waals surface area contributed by atoms with E-state index in [-0.39, 0.29) is 0 Å². The molecule has 3 heteroatoms. The van der Waals surface area contributed by atoms with Gasteiger partial charge in [0.15, 0.2) is 0 Å². The second-order valence-corrected chi connectivity index (χ2v) is 3.25. The summed E-state index contributed by atoms with van der Waals surface area (Å²) in [4.78, 5) is 0. The number of hydrogen-bond acceptors (Lipinski definition) is 0. The van der Waals surface area contributed by atoms with Crippen LogP contribution in [-0.4, -0.2) is 7.85 Å². The highest BCUT2D eigenvalue weighted by molar-refractivity contribution is 9.08. The Morgan fingerprint density at radius 2 is 2.09 bits per heavy atom. The van der Waals surface area contributed by atoms with Crippen molar-refractivity contribution >= 4 is 35.4 Å². The maximum absolute atomic E-state index is 5.79. The zero-order chi connectivity index (χ0) is 8.27. The van der Waals surface area contributed by atoms with Crippen LogP contribution in [0.15, 0.2) is 18.2 Å². The fourth-order valence-electron chi connectivity index (χ4n) is 0.918. The molecule has 0 N–H and O–H groups in total. The van der Waals surface area contributed by atoms with E-state index in [1.54, 1.807) is 0 Å².